The molecule has 2 aromatic carbocycles. The highest BCUT2D eigenvalue weighted by Crippen LogP contribution is 2.32. The third-order valence-electron chi connectivity index (χ3n) is 4.99. The normalized spacial score (nSPS) is 13.0. The van der Waals surface area contributed by atoms with Gasteiger partial charge in [0.15, 0.2) is 0 Å². The molecule has 0 N–H and O–H groups in total. The molecule has 6 heteroatoms. The van der Waals surface area contributed by atoms with E-state index in [0.29, 0.717) is 18.7 Å². The molecule has 28 heavy (non-hydrogen) atoms. The number of rotatable bonds is 8. The van der Waals surface area contributed by atoms with Gasteiger partial charge in [0.2, 0.25) is 10.0 Å². The Balaban J connectivity index is 2.34. The number of hydrogen-bond acceptors (Lipinski definition) is 3. The SMILES string of the molecule is CCN(CC)C(=O)c1ccc(S(=O)(=O)N(C)C(c2ccccc2)C(C)C)cc1. The summed E-state index contributed by atoms with van der Waals surface area (Å²) < 4.78 is 27.8. The van der Waals surface area contributed by atoms with E-state index in [1.165, 1.54) is 16.4 Å². The molecule has 0 radical (unpaired) electrons. The first-order chi connectivity index (χ1) is 13.2. The van der Waals surface area contributed by atoms with E-state index in [4.69, 9.17) is 0 Å². The van der Waals surface area contributed by atoms with Gasteiger partial charge in [0, 0.05) is 25.7 Å². The van der Waals surface area contributed by atoms with Gasteiger partial charge in [-0.1, -0.05) is 44.2 Å². The third-order valence-corrected chi connectivity index (χ3v) is 6.85. The summed E-state index contributed by atoms with van der Waals surface area (Å²) in [7, 11) is -2.08. The zero-order valence-corrected chi connectivity index (χ0v) is 18.1. The van der Waals surface area contributed by atoms with Gasteiger partial charge in [0.1, 0.15) is 0 Å². The highest BCUT2D eigenvalue weighted by molar-refractivity contribution is 7.89. The molecule has 0 aliphatic carbocycles. The van der Waals surface area contributed by atoms with Crippen LogP contribution in [0.1, 0.15) is 49.7 Å². The van der Waals surface area contributed by atoms with Crippen LogP contribution in [-0.2, 0) is 10.0 Å². The Hall–Kier alpha value is -2.18. The van der Waals surface area contributed by atoms with Crippen LogP contribution >= 0.6 is 0 Å². The number of nitrogens with zero attached hydrogens (tertiary/aromatic N) is 2. The van der Waals surface area contributed by atoms with Gasteiger partial charge in [-0.15, -0.1) is 0 Å². The van der Waals surface area contributed by atoms with Gasteiger partial charge in [-0.2, -0.15) is 4.31 Å². The molecule has 0 bridgehead atoms. The molecule has 0 saturated heterocycles. The van der Waals surface area contributed by atoms with Crippen LogP contribution < -0.4 is 0 Å². The maximum atomic E-state index is 13.2. The van der Waals surface area contributed by atoms with Gasteiger partial charge in [-0.3, -0.25) is 4.79 Å². The van der Waals surface area contributed by atoms with E-state index in [1.54, 1.807) is 24.1 Å². The highest BCUT2D eigenvalue weighted by Gasteiger charge is 2.31. The lowest BCUT2D eigenvalue weighted by Gasteiger charge is -2.31. The summed E-state index contributed by atoms with van der Waals surface area (Å²) in [4.78, 5) is 14.3. The average Bonchev–Trinajstić information content (AvgIpc) is 2.69. The van der Waals surface area contributed by atoms with Crippen molar-refractivity contribution in [2.45, 2.75) is 38.6 Å². The largest absolute Gasteiger partial charge is 0.339 e. The molecule has 0 aliphatic rings. The Morgan fingerprint density at radius 2 is 1.46 bits per heavy atom. The number of benzene rings is 2. The lowest BCUT2D eigenvalue weighted by atomic mass is 9.96. The van der Waals surface area contributed by atoms with Crippen LogP contribution in [0.3, 0.4) is 0 Å². The number of hydrogen-bond donors (Lipinski definition) is 0. The molecule has 0 saturated carbocycles. The summed E-state index contributed by atoms with van der Waals surface area (Å²) in [6, 6.07) is 15.6. The maximum Gasteiger partial charge on any atom is 0.253 e. The second-order valence-corrected chi connectivity index (χ2v) is 9.12. The molecule has 2 aromatic rings. The highest BCUT2D eigenvalue weighted by atomic mass is 32.2. The van der Waals surface area contributed by atoms with Crippen LogP contribution in [0.2, 0.25) is 0 Å². The standard InChI is InChI=1S/C22H30N2O3S/c1-6-24(7-2)22(25)19-13-15-20(16-14-19)28(26,27)23(5)21(17(3)4)18-11-9-8-10-12-18/h8-17,21H,6-7H2,1-5H3. The first-order valence-electron chi connectivity index (χ1n) is 9.66. The van der Waals surface area contributed by atoms with Crippen LogP contribution in [0, 0.1) is 5.92 Å². The summed E-state index contributed by atoms with van der Waals surface area (Å²) in [5, 5.41) is 0. The molecule has 1 unspecified atom stereocenters. The Kier molecular flexibility index (Phi) is 7.38. The van der Waals surface area contributed by atoms with Crippen molar-refractivity contribution in [2.24, 2.45) is 5.92 Å². The van der Waals surface area contributed by atoms with Crippen molar-refractivity contribution in [2.75, 3.05) is 20.1 Å². The van der Waals surface area contributed by atoms with E-state index in [9.17, 15) is 13.2 Å². The molecule has 152 valence electrons. The molecule has 0 spiro atoms. The molecule has 0 aromatic heterocycles. The number of sulfonamides is 1. The fourth-order valence-electron chi connectivity index (χ4n) is 3.44. The van der Waals surface area contributed by atoms with E-state index < -0.39 is 10.0 Å². The van der Waals surface area contributed by atoms with Crippen molar-refractivity contribution in [1.82, 2.24) is 9.21 Å². The second kappa shape index (κ2) is 9.34. The molecule has 2 rings (SSSR count). The molecule has 0 heterocycles. The molecule has 0 fully saturated rings. The first kappa shape index (κ1) is 22.1. The summed E-state index contributed by atoms with van der Waals surface area (Å²) >= 11 is 0. The Labute approximate surface area is 169 Å². The van der Waals surface area contributed by atoms with Gasteiger partial charge in [-0.25, -0.2) is 8.42 Å². The van der Waals surface area contributed by atoms with Crippen LogP contribution in [0.4, 0.5) is 0 Å². The van der Waals surface area contributed by atoms with Gasteiger partial charge < -0.3 is 4.90 Å². The van der Waals surface area contributed by atoms with Crippen molar-refractivity contribution in [3.05, 3.63) is 65.7 Å². The number of carbonyl (C=O) groups excluding carboxylic acids is 1. The van der Waals surface area contributed by atoms with Crippen LogP contribution in [-0.4, -0.2) is 43.7 Å². The average molecular weight is 403 g/mol. The minimum absolute atomic E-state index is 0.0911. The van der Waals surface area contributed by atoms with E-state index >= 15 is 0 Å². The first-order valence-corrected chi connectivity index (χ1v) is 11.1. The molecule has 1 amide bonds. The van der Waals surface area contributed by atoms with E-state index in [-0.39, 0.29) is 22.8 Å². The lowest BCUT2D eigenvalue weighted by molar-refractivity contribution is 0.0773. The molecular formula is C22H30N2O3S. The van der Waals surface area contributed by atoms with Crippen molar-refractivity contribution in [3.8, 4) is 0 Å². The minimum Gasteiger partial charge on any atom is -0.339 e. The van der Waals surface area contributed by atoms with Crippen molar-refractivity contribution < 1.29 is 13.2 Å². The summed E-state index contributed by atoms with van der Waals surface area (Å²) in [5.74, 6) is 0.0114. The molecule has 1 atom stereocenters. The predicted molar refractivity (Wildman–Crippen MR) is 113 cm³/mol. The smallest absolute Gasteiger partial charge is 0.253 e. The third kappa shape index (κ3) is 4.62. The Bertz CT molecular complexity index is 874. The van der Waals surface area contributed by atoms with Crippen molar-refractivity contribution >= 4 is 15.9 Å². The predicted octanol–water partition coefficient (Wildman–Crippen LogP) is 4.19. The number of carbonyl (C=O) groups is 1. The van der Waals surface area contributed by atoms with Gasteiger partial charge in [0.25, 0.3) is 5.91 Å². The fourth-order valence-corrected chi connectivity index (χ4v) is 4.92. The van der Waals surface area contributed by atoms with E-state index in [0.717, 1.165) is 5.56 Å². The summed E-state index contributed by atoms with van der Waals surface area (Å²) in [6.07, 6.45) is 0. The summed E-state index contributed by atoms with van der Waals surface area (Å²) in [5.41, 5.74) is 1.45. The fraction of sp³-hybridized carbons (Fsp3) is 0.409. The zero-order chi connectivity index (χ0) is 20.9. The topological polar surface area (TPSA) is 57.7 Å². The summed E-state index contributed by atoms with van der Waals surface area (Å²) in [6.45, 7) is 9.09. The minimum atomic E-state index is -3.70. The van der Waals surface area contributed by atoms with Crippen LogP contribution in [0.25, 0.3) is 0 Å². The Morgan fingerprint density at radius 1 is 0.929 bits per heavy atom. The van der Waals surface area contributed by atoms with Crippen molar-refractivity contribution in [1.29, 1.82) is 0 Å². The van der Waals surface area contributed by atoms with E-state index in [1.807, 2.05) is 58.0 Å². The molecule has 0 aliphatic heterocycles. The maximum absolute atomic E-state index is 13.2. The zero-order valence-electron chi connectivity index (χ0n) is 17.3. The molecule has 5 nitrogen and oxygen atoms in total. The Morgan fingerprint density at radius 3 is 1.93 bits per heavy atom. The van der Waals surface area contributed by atoms with E-state index in [2.05, 4.69) is 0 Å². The second-order valence-electron chi connectivity index (χ2n) is 7.12. The molecular weight excluding hydrogens is 372 g/mol. The quantitative estimate of drug-likeness (QED) is 0.665. The van der Waals surface area contributed by atoms with Gasteiger partial charge >= 0.3 is 0 Å². The van der Waals surface area contributed by atoms with Gasteiger partial charge in [-0.05, 0) is 49.6 Å². The van der Waals surface area contributed by atoms with Crippen LogP contribution in [0.15, 0.2) is 59.5 Å². The van der Waals surface area contributed by atoms with Gasteiger partial charge in [0.05, 0.1) is 10.9 Å². The monoisotopic (exact) mass is 402 g/mol. The lowest BCUT2D eigenvalue weighted by Crippen LogP contribution is -2.34. The number of amides is 1. The van der Waals surface area contributed by atoms with Crippen LogP contribution in [0.5, 0.6) is 0 Å². The van der Waals surface area contributed by atoms with Crippen molar-refractivity contribution in [3.63, 3.8) is 0 Å².